The number of rotatable bonds is 9. The predicted molar refractivity (Wildman–Crippen MR) is 127 cm³/mol. The van der Waals surface area contributed by atoms with E-state index in [9.17, 15) is 14.4 Å². The van der Waals surface area contributed by atoms with Crippen LogP contribution in [0.5, 0.6) is 0 Å². The molecule has 0 unspecified atom stereocenters. The Hall–Kier alpha value is -3.81. The van der Waals surface area contributed by atoms with Crippen LogP contribution in [0.1, 0.15) is 30.4 Å². The van der Waals surface area contributed by atoms with E-state index >= 15 is 0 Å². The summed E-state index contributed by atoms with van der Waals surface area (Å²) in [5.74, 6) is -0.748. The zero-order valence-electron chi connectivity index (χ0n) is 19.7. The summed E-state index contributed by atoms with van der Waals surface area (Å²) >= 11 is 0. The van der Waals surface area contributed by atoms with Gasteiger partial charge < -0.3 is 24.4 Å². The number of hydrogen-bond acceptors (Lipinski definition) is 6. The molecule has 0 radical (unpaired) electrons. The van der Waals surface area contributed by atoms with Gasteiger partial charge in [0.15, 0.2) is 0 Å². The summed E-state index contributed by atoms with van der Waals surface area (Å²) in [7, 11) is 2.78. The fourth-order valence-electron chi connectivity index (χ4n) is 4.02. The summed E-state index contributed by atoms with van der Waals surface area (Å²) < 4.78 is 15.4. The van der Waals surface area contributed by atoms with Gasteiger partial charge >= 0.3 is 18.2 Å². The minimum absolute atomic E-state index is 0.0788. The lowest BCUT2D eigenvalue weighted by Crippen LogP contribution is -2.54. The number of esters is 1. The molecule has 0 heterocycles. The number of fused-ring (bicyclic) bond motifs is 3. The number of carbonyl (C=O) groups is 3. The third-order valence-electron chi connectivity index (χ3n) is 5.94. The first-order valence-electron chi connectivity index (χ1n) is 11.0. The number of carbonyl (C=O) groups excluding carboxylic acids is 3. The number of nitrogens with one attached hydrogen (secondary N) is 1. The molecule has 1 N–H and O–H groups in total. The topological polar surface area (TPSA) is 94.2 Å². The van der Waals surface area contributed by atoms with Crippen molar-refractivity contribution in [2.75, 3.05) is 33.9 Å². The van der Waals surface area contributed by atoms with Crippen molar-refractivity contribution in [2.45, 2.75) is 24.8 Å². The minimum Gasteiger partial charge on any atom is -0.467 e. The third-order valence-corrected chi connectivity index (χ3v) is 5.94. The smallest absolute Gasteiger partial charge is 0.409 e. The van der Waals surface area contributed by atoms with Gasteiger partial charge in [-0.15, -0.1) is 0 Å². The van der Waals surface area contributed by atoms with Crippen molar-refractivity contribution < 1.29 is 28.6 Å². The Morgan fingerprint density at radius 2 is 1.65 bits per heavy atom. The van der Waals surface area contributed by atoms with Gasteiger partial charge in [0.25, 0.3) is 0 Å². The molecule has 1 aliphatic carbocycles. The summed E-state index contributed by atoms with van der Waals surface area (Å²) in [5, 5.41) is 2.62. The maximum Gasteiger partial charge on any atom is 0.409 e. The van der Waals surface area contributed by atoms with Crippen LogP contribution in [0.2, 0.25) is 0 Å². The molecule has 2 amide bonds. The Kier molecular flexibility index (Phi) is 7.94. The van der Waals surface area contributed by atoms with Gasteiger partial charge in [0.2, 0.25) is 0 Å². The maximum absolute atomic E-state index is 12.7. The predicted octanol–water partition coefficient (Wildman–Crippen LogP) is 4.10. The molecule has 34 heavy (non-hydrogen) atoms. The molecular formula is C26H30N2O6. The monoisotopic (exact) mass is 466 g/mol. The van der Waals surface area contributed by atoms with Crippen molar-refractivity contribution in [1.29, 1.82) is 0 Å². The molecule has 1 aliphatic rings. The van der Waals surface area contributed by atoms with Crippen LogP contribution in [0.15, 0.2) is 61.2 Å². The average molecular weight is 467 g/mol. The normalized spacial score (nSPS) is 13.6. The lowest BCUT2D eigenvalue weighted by Gasteiger charge is -2.29. The molecule has 0 aliphatic heterocycles. The molecule has 0 fully saturated rings. The summed E-state index contributed by atoms with van der Waals surface area (Å²) in [6.45, 7) is 5.37. The standard InChI is InChI=1S/C26H30N2O6/c1-5-16-33-25(31)28(3)15-14-26(2,23(29)32-4)27-24(30)34-17-22-20-12-8-6-10-18(20)19-11-7-9-13-21(19)22/h5-13,22H,1,14-17H2,2-4H3,(H,27,30)/t26-/m0/s1. The van der Waals surface area contributed by atoms with Gasteiger partial charge in [0.05, 0.1) is 7.11 Å². The number of methoxy groups -OCH3 is 1. The summed E-state index contributed by atoms with van der Waals surface area (Å²) in [6, 6.07) is 16.1. The van der Waals surface area contributed by atoms with Crippen LogP contribution in [0.4, 0.5) is 9.59 Å². The van der Waals surface area contributed by atoms with E-state index in [2.05, 4.69) is 24.0 Å². The second-order valence-electron chi connectivity index (χ2n) is 8.31. The largest absolute Gasteiger partial charge is 0.467 e. The van der Waals surface area contributed by atoms with E-state index in [1.54, 1.807) is 0 Å². The van der Waals surface area contributed by atoms with Crippen molar-refractivity contribution in [3.63, 3.8) is 0 Å². The second-order valence-corrected chi connectivity index (χ2v) is 8.31. The number of benzene rings is 2. The van der Waals surface area contributed by atoms with E-state index < -0.39 is 23.7 Å². The highest BCUT2D eigenvalue weighted by Gasteiger charge is 2.38. The maximum atomic E-state index is 12.7. The molecule has 180 valence electrons. The minimum atomic E-state index is -1.40. The average Bonchev–Trinajstić information content (AvgIpc) is 3.17. The van der Waals surface area contributed by atoms with Gasteiger partial charge in [0, 0.05) is 19.5 Å². The molecule has 0 spiro atoms. The van der Waals surface area contributed by atoms with Crippen LogP contribution in [-0.2, 0) is 19.0 Å². The molecule has 8 heteroatoms. The second kappa shape index (κ2) is 10.9. The van der Waals surface area contributed by atoms with E-state index in [0.717, 1.165) is 22.3 Å². The van der Waals surface area contributed by atoms with Gasteiger partial charge in [-0.05, 0) is 35.6 Å². The van der Waals surface area contributed by atoms with Crippen LogP contribution in [0.25, 0.3) is 11.1 Å². The SMILES string of the molecule is C=CCOC(=O)N(C)CC[C@](C)(NC(=O)OCC1c2ccccc2-c2ccccc21)C(=O)OC. The van der Waals surface area contributed by atoms with Gasteiger partial charge in [-0.1, -0.05) is 61.2 Å². The number of amides is 2. The van der Waals surface area contributed by atoms with E-state index in [1.807, 2.05) is 36.4 Å². The fourth-order valence-corrected chi connectivity index (χ4v) is 4.02. The summed E-state index contributed by atoms with van der Waals surface area (Å²) in [4.78, 5) is 38.5. The van der Waals surface area contributed by atoms with Gasteiger partial charge in [0.1, 0.15) is 18.8 Å². The van der Waals surface area contributed by atoms with Crippen molar-refractivity contribution in [3.05, 3.63) is 72.3 Å². The molecule has 0 bridgehead atoms. The van der Waals surface area contributed by atoms with Crippen molar-refractivity contribution >= 4 is 18.2 Å². The lowest BCUT2D eigenvalue weighted by atomic mass is 9.97. The van der Waals surface area contributed by atoms with Crippen molar-refractivity contribution in [1.82, 2.24) is 10.2 Å². The van der Waals surface area contributed by atoms with Crippen LogP contribution >= 0.6 is 0 Å². The number of alkyl carbamates (subject to hydrolysis) is 1. The van der Waals surface area contributed by atoms with E-state index in [4.69, 9.17) is 14.2 Å². The highest BCUT2D eigenvalue weighted by molar-refractivity contribution is 5.85. The molecule has 0 saturated carbocycles. The quantitative estimate of drug-likeness (QED) is 0.340. The molecule has 2 aromatic rings. The van der Waals surface area contributed by atoms with Crippen molar-refractivity contribution in [3.8, 4) is 11.1 Å². The van der Waals surface area contributed by atoms with Gasteiger partial charge in [-0.25, -0.2) is 14.4 Å². The Morgan fingerprint density at radius 1 is 1.06 bits per heavy atom. The number of ether oxygens (including phenoxy) is 3. The molecule has 0 saturated heterocycles. The Morgan fingerprint density at radius 3 is 2.21 bits per heavy atom. The first-order valence-corrected chi connectivity index (χ1v) is 11.0. The van der Waals surface area contributed by atoms with E-state index in [1.165, 1.54) is 32.1 Å². The number of hydrogen-bond donors (Lipinski definition) is 1. The molecule has 0 aromatic heterocycles. The fraction of sp³-hybridized carbons (Fsp3) is 0.346. The Labute approximate surface area is 199 Å². The zero-order chi connectivity index (χ0) is 24.7. The van der Waals surface area contributed by atoms with Crippen LogP contribution in [0, 0.1) is 0 Å². The molecule has 8 nitrogen and oxygen atoms in total. The molecule has 1 atom stereocenters. The zero-order valence-corrected chi connectivity index (χ0v) is 19.7. The van der Waals surface area contributed by atoms with E-state index in [-0.39, 0.29) is 32.1 Å². The summed E-state index contributed by atoms with van der Waals surface area (Å²) in [5.41, 5.74) is 3.03. The summed E-state index contributed by atoms with van der Waals surface area (Å²) in [6.07, 6.45) is 0.256. The van der Waals surface area contributed by atoms with E-state index in [0.29, 0.717) is 0 Å². The van der Waals surface area contributed by atoms with Gasteiger partial charge in [-0.2, -0.15) is 0 Å². The Balaban J connectivity index is 1.65. The van der Waals surface area contributed by atoms with Crippen LogP contribution < -0.4 is 5.32 Å². The highest BCUT2D eigenvalue weighted by Crippen LogP contribution is 2.44. The highest BCUT2D eigenvalue weighted by atomic mass is 16.6. The lowest BCUT2D eigenvalue weighted by molar-refractivity contribution is -0.148. The van der Waals surface area contributed by atoms with Gasteiger partial charge in [-0.3, -0.25) is 0 Å². The molecule has 3 rings (SSSR count). The molecule has 2 aromatic carbocycles. The van der Waals surface area contributed by atoms with Crippen LogP contribution in [0.3, 0.4) is 0 Å². The number of nitrogens with zero attached hydrogens (tertiary/aromatic N) is 1. The van der Waals surface area contributed by atoms with Crippen molar-refractivity contribution in [2.24, 2.45) is 0 Å². The first kappa shape index (κ1) is 24.8. The third kappa shape index (κ3) is 5.39. The van der Waals surface area contributed by atoms with Crippen LogP contribution in [-0.4, -0.2) is 62.5 Å². The first-order chi connectivity index (χ1) is 16.3. The molecular weight excluding hydrogens is 436 g/mol. The Bertz CT molecular complexity index is 1020.